The van der Waals surface area contributed by atoms with Crippen molar-refractivity contribution < 1.29 is 4.74 Å². The van der Waals surface area contributed by atoms with E-state index in [1.165, 1.54) is 11.1 Å². The third kappa shape index (κ3) is 4.19. The van der Waals surface area contributed by atoms with Crippen molar-refractivity contribution in [3.8, 4) is 5.75 Å². The summed E-state index contributed by atoms with van der Waals surface area (Å²) in [5.41, 5.74) is 3.26. The van der Waals surface area contributed by atoms with Crippen molar-refractivity contribution in [2.75, 3.05) is 17.7 Å². The molecule has 0 amide bonds. The molecule has 0 atom stereocenters. The number of methoxy groups -OCH3 is 1. The number of anilines is 3. The van der Waals surface area contributed by atoms with Gasteiger partial charge < -0.3 is 15.4 Å². The van der Waals surface area contributed by atoms with Crippen LogP contribution in [0.5, 0.6) is 5.75 Å². The molecule has 3 aromatic rings. The Labute approximate surface area is 140 Å². The van der Waals surface area contributed by atoms with E-state index in [0.717, 1.165) is 11.4 Å². The Bertz CT molecular complexity index is 822. The van der Waals surface area contributed by atoms with Crippen LogP contribution in [-0.2, 0) is 6.54 Å². The summed E-state index contributed by atoms with van der Waals surface area (Å²) in [5.74, 6) is 1.86. The van der Waals surface area contributed by atoms with Gasteiger partial charge in [-0.3, -0.25) is 0 Å². The lowest BCUT2D eigenvalue weighted by molar-refractivity contribution is 0.415. The molecule has 2 N–H and O–H groups in total. The number of hydrogen-bond donors (Lipinski definition) is 2. The zero-order valence-corrected chi connectivity index (χ0v) is 13.7. The fraction of sp³-hybridized carbons (Fsp3) is 0.167. The highest BCUT2D eigenvalue weighted by molar-refractivity contribution is 5.56. The van der Waals surface area contributed by atoms with Gasteiger partial charge in [0.25, 0.3) is 0 Å². The Morgan fingerprint density at radius 3 is 2.79 bits per heavy atom. The SMILES string of the molecule is COc1cccc(Nc2nncc(NCc3cccc(C)c3)n2)c1. The minimum atomic E-state index is 0.428. The normalized spacial score (nSPS) is 10.2. The van der Waals surface area contributed by atoms with E-state index in [2.05, 4.69) is 50.9 Å². The lowest BCUT2D eigenvalue weighted by Crippen LogP contribution is -2.05. The zero-order chi connectivity index (χ0) is 16.8. The molecule has 3 rings (SSSR count). The monoisotopic (exact) mass is 321 g/mol. The first kappa shape index (κ1) is 15.7. The lowest BCUT2D eigenvalue weighted by Gasteiger charge is -2.09. The maximum absolute atomic E-state index is 5.20. The summed E-state index contributed by atoms with van der Waals surface area (Å²) in [7, 11) is 1.63. The van der Waals surface area contributed by atoms with Crippen LogP contribution in [0, 0.1) is 6.92 Å². The number of rotatable bonds is 6. The summed E-state index contributed by atoms with van der Waals surface area (Å²) in [5, 5.41) is 14.4. The van der Waals surface area contributed by atoms with Crippen LogP contribution in [0.4, 0.5) is 17.5 Å². The van der Waals surface area contributed by atoms with Crippen molar-refractivity contribution in [1.82, 2.24) is 15.2 Å². The molecule has 0 spiro atoms. The largest absolute Gasteiger partial charge is 0.497 e. The summed E-state index contributed by atoms with van der Waals surface area (Å²) in [6, 6.07) is 15.9. The Kier molecular flexibility index (Phi) is 4.86. The quantitative estimate of drug-likeness (QED) is 0.723. The molecule has 0 bridgehead atoms. The van der Waals surface area contributed by atoms with Crippen LogP contribution < -0.4 is 15.4 Å². The van der Waals surface area contributed by atoms with Gasteiger partial charge in [0, 0.05) is 18.3 Å². The Hall–Kier alpha value is -3.15. The van der Waals surface area contributed by atoms with Gasteiger partial charge in [-0.15, -0.1) is 5.10 Å². The third-order valence-electron chi connectivity index (χ3n) is 3.44. The molecule has 0 aliphatic heterocycles. The molecule has 0 aliphatic carbocycles. The van der Waals surface area contributed by atoms with Crippen molar-refractivity contribution in [2.24, 2.45) is 0 Å². The standard InChI is InChI=1S/C18H19N5O/c1-13-5-3-6-14(9-13)11-19-17-12-20-23-18(22-17)21-15-7-4-8-16(10-15)24-2/h3-10,12H,11H2,1-2H3,(H2,19,21,22,23). The molecular weight excluding hydrogens is 302 g/mol. The van der Waals surface area contributed by atoms with E-state index >= 15 is 0 Å². The van der Waals surface area contributed by atoms with Gasteiger partial charge in [-0.1, -0.05) is 35.9 Å². The second-order valence-electron chi connectivity index (χ2n) is 5.36. The molecule has 0 saturated carbocycles. The van der Waals surface area contributed by atoms with Crippen LogP contribution in [0.2, 0.25) is 0 Å². The highest BCUT2D eigenvalue weighted by Crippen LogP contribution is 2.19. The van der Waals surface area contributed by atoms with E-state index in [1.807, 2.05) is 30.3 Å². The second-order valence-corrected chi connectivity index (χ2v) is 5.36. The molecule has 122 valence electrons. The van der Waals surface area contributed by atoms with Crippen molar-refractivity contribution in [1.29, 1.82) is 0 Å². The molecule has 0 unspecified atom stereocenters. The first-order valence-corrected chi connectivity index (χ1v) is 7.63. The molecule has 0 fully saturated rings. The van der Waals surface area contributed by atoms with E-state index in [4.69, 9.17) is 4.74 Å². The van der Waals surface area contributed by atoms with Crippen LogP contribution in [0.15, 0.2) is 54.7 Å². The minimum absolute atomic E-state index is 0.428. The van der Waals surface area contributed by atoms with E-state index < -0.39 is 0 Å². The van der Waals surface area contributed by atoms with Crippen LogP contribution in [0.1, 0.15) is 11.1 Å². The molecule has 2 aromatic carbocycles. The first-order valence-electron chi connectivity index (χ1n) is 7.63. The minimum Gasteiger partial charge on any atom is -0.497 e. The summed E-state index contributed by atoms with van der Waals surface area (Å²) in [4.78, 5) is 4.42. The molecule has 0 saturated heterocycles. The van der Waals surface area contributed by atoms with E-state index in [0.29, 0.717) is 18.3 Å². The van der Waals surface area contributed by atoms with Gasteiger partial charge in [-0.05, 0) is 24.6 Å². The Balaban J connectivity index is 1.67. The average molecular weight is 321 g/mol. The number of aromatic nitrogens is 3. The predicted molar refractivity (Wildman–Crippen MR) is 94.6 cm³/mol. The molecule has 24 heavy (non-hydrogen) atoms. The summed E-state index contributed by atoms with van der Waals surface area (Å²) < 4.78 is 5.20. The van der Waals surface area contributed by atoms with Crippen molar-refractivity contribution in [3.05, 3.63) is 65.9 Å². The molecular formula is C18H19N5O. The highest BCUT2D eigenvalue weighted by atomic mass is 16.5. The predicted octanol–water partition coefficient (Wildman–Crippen LogP) is 3.54. The zero-order valence-electron chi connectivity index (χ0n) is 13.7. The number of nitrogens with one attached hydrogen (secondary N) is 2. The summed E-state index contributed by atoms with van der Waals surface area (Å²) in [6.07, 6.45) is 1.60. The Morgan fingerprint density at radius 2 is 1.96 bits per heavy atom. The fourth-order valence-electron chi connectivity index (χ4n) is 2.29. The molecule has 1 heterocycles. The van der Waals surface area contributed by atoms with Crippen molar-refractivity contribution in [2.45, 2.75) is 13.5 Å². The summed E-state index contributed by atoms with van der Waals surface area (Å²) in [6.45, 7) is 2.75. The second kappa shape index (κ2) is 7.41. The van der Waals surface area contributed by atoms with E-state index in [9.17, 15) is 0 Å². The molecule has 6 heteroatoms. The highest BCUT2D eigenvalue weighted by Gasteiger charge is 2.03. The fourth-order valence-corrected chi connectivity index (χ4v) is 2.29. The van der Waals surface area contributed by atoms with Gasteiger partial charge in [-0.25, -0.2) is 0 Å². The topological polar surface area (TPSA) is 72.0 Å². The van der Waals surface area contributed by atoms with Gasteiger partial charge in [-0.2, -0.15) is 10.1 Å². The number of hydrogen-bond acceptors (Lipinski definition) is 6. The van der Waals surface area contributed by atoms with Crippen LogP contribution in [-0.4, -0.2) is 22.3 Å². The maximum atomic E-state index is 5.20. The van der Waals surface area contributed by atoms with Gasteiger partial charge in [0.2, 0.25) is 5.95 Å². The van der Waals surface area contributed by atoms with Crippen molar-refractivity contribution in [3.63, 3.8) is 0 Å². The first-order chi connectivity index (χ1) is 11.7. The average Bonchev–Trinajstić information content (AvgIpc) is 2.61. The molecule has 0 aliphatic rings. The summed E-state index contributed by atoms with van der Waals surface area (Å²) >= 11 is 0. The van der Waals surface area contributed by atoms with Gasteiger partial charge in [0.05, 0.1) is 13.3 Å². The number of nitrogens with zero attached hydrogens (tertiary/aromatic N) is 3. The molecule has 6 nitrogen and oxygen atoms in total. The third-order valence-corrected chi connectivity index (χ3v) is 3.44. The van der Waals surface area contributed by atoms with Gasteiger partial charge >= 0.3 is 0 Å². The smallest absolute Gasteiger partial charge is 0.249 e. The van der Waals surface area contributed by atoms with E-state index in [-0.39, 0.29) is 0 Å². The van der Waals surface area contributed by atoms with Gasteiger partial charge in [0.15, 0.2) is 5.82 Å². The van der Waals surface area contributed by atoms with Crippen LogP contribution in [0.3, 0.4) is 0 Å². The van der Waals surface area contributed by atoms with Crippen LogP contribution in [0.25, 0.3) is 0 Å². The Morgan fingerprint density at radius 1 is 1.08 bits per heavy atom. The molecule has 1 aromatic heterocycles. The number of ether oxygens (including phenoxy) is 1. The van der Waals surface area contributed by atoms with Gasteiger partial charge in [0.1, 0.15) is 5.75 Å². The van der Waals surface area contributed by atoms with Crippen LogP contribution >= 0.6 is 0 Å². The lowest BCUT2D eigenvalue weighted by atomic mass is 10.1. The number of benzene rings is 2. The van der Waals surface area contributed by atoms with Crippen molar-refractivity contribution >= 4 is 17.5 Å². The van der Waals surface area contributed by atoms with E-state index in [1.54, 1.807) is 13.3 Å². The molecule has 0 radical (unpaired) electrons. The number of aryl methyl sites for hydroxylation is 1. The maximum Gasteiger partial charge on any atom is 0.249 e.